The molecule has 3 aromatic rings. The minimum Gasteiger partial charge on any atom is -0.449 e. The van der Waals surface area contributed by atoms with Crippen LogP contribution < -0.4 is 10.2 Å². The number of Topliss-reactive ketones (excluding diaryl/α,β-unsaturated/α-hetero) is 1. The first-order valence-electron chi connectivity index (χ1n) is 8.59. The monoisotopic (exact) mass is 402 g/mol. The van der Waals surface area contributed by atoms with E-state index in [2.05, 4.69) is 4.74 Å². The quantitative estimate of drug-likeness (QED) is 0.455. The van der Waals surface area contributed by atoms with Crippen molar-refractivity contribution in [3.05, 3.63) is 75.6 Å². The second-order valence-electron chi connectivity index (χ2n) is 6.29. The number of alkyl halides is 2. The van der Waals surface area contributed by atoms with E-state index in [4.69, 9.17) is 9.15 Å². The molecular formula is C21H16F2O6. The van der Waals surface area contributed by atoms with Gasteiger partial charge in [-0.1, -0.05) is 11.6 Å². The third-order valence-corrected chi connectivity index (χ3v) is 4.10. The zero-order valence-electron chi connectivity index (χ0n) is 15.5. The van der Waals surface area contributed by atoms with Crippen LogP contribution in [0.2, 0.25) is 0 Å². The molecule has 1 aromatic heterocycles. The average Bonchev–Trinajstić information content (AvgIpc) is 2.67. The normalized spacial score (nSPS) is 12.0. The van der Waals surface area contributed by atoms with Gasteiger partial charge in [-0.15, -0.1) is 0 Å². The molecule has 0 bridgehead atoms. The van der Waals surface area contributed by atoms with E-state index in [9.17, 15) is 23.2 Å². The maximum atomic E-state index is 12.4. The van der Waals surface area contributed by atoms with Crippen LogP contribution in [0.4, 0.5) is 8.78 Å². The highest BCUT2D eigenvalue weighted by atomic mass is 19.3. The Morgan fingerprint density at radius 3 is 2.38 bits per heavy atom. The van der Waals surface area contributed by atoms with Crippen LogP contribution in [0, 0.1) is 6.92 Å². The molecule has 2 aromatic carbocycles. The largest absolute Gasteiger partial charge is 0.449 e. The SMILES string of the molecule is Cc1ccc2oc(C(=O)O[C@H](C)C(=O)c3ccc(OC(F)F)cc3)cc(=O)c2c1. The van der Waals surface area contributed by atoms with Gasteiger partial charge in [-0.25, -0.2) is 4.79 Å². The van der Waals surface area contributed by atoms with E-state index >= 15 is 0 Å². The number of carbonyl (C=O) groups is 2. The highest BCUT2D eigenvalue weighted by Gasteiger charge is 2.23. The Labute approximate surface area is 163 Å². The number of fused-ring (bicyclic) bond motifs is 1. The summed E-state index contributed by atoms with van der Waals surface area (Å²) in [5, 5.41) is 0.330. The van der Waals surface area contributed by atoms with Gasteiger partial charge in [0.1, 0.15) is 11.3 Å². The van der Waals surface area contributed by atoms with Gasteiger partial charge >= 0.3 is 12.6 Å². The second kappa shape index (κ2) is 8.22. The predicted molar refractivity (Wildman–Crippen MR) is 99.5 cm³/mol. The number of aryl methyl sites for hydroxylation is 1. The Morgan fingerprint density at radius 2 is 1.72 bits per heavy atom. The Morgan fingerprint density at radius 1 is 1.03 bits per heavy atom. The molecule has 0 spiro atoms. The molecule has 0 saturated heterocycles. The Hall–Kier alpha value is -3.55. The van der Waals surface area contributed by atoms with Crippen molar-refractivity contribution in [2.24, 2.45) is 0 Å². The van der Waals surface area contributed by atoms with Gasteiger partial charge in [0.15, 0.2) is 11.5 Å². The molecule has 0 N–H and O–H groups in total. The number of ketones is 1. The van der Waals surface area contributed by atoms with Crippen molar-refractivity contribution in [3.63, 3.8) is 0 Å². The van der Waals surface area contributed by atoms with E-state index in [1.54, 1.807) is 18.2 Å². The summed E-state index contributed by atoms with van der Waals surface area (Å²) >= 11 is 0. The fourth-order valence-corrected chi connectivity index (χ4v) is 2.68. The van der Waals surface area contributed by atoms with Gasteiger partial charge in [-0.3, -0.25) is 9.59 Å². The number of hydrogen-bond donors (Lipinski definition) is 0. The molecule has 0 radical (unpaired) electrons. The third kappa shape index (κ3) is 4.66. The van der Waals surface area contributed by atoms with Gasteiger partial charge < -0.3 is 13.9 Å². The topological polar surface area (TPSA) is 82.8 Å². The Balaban J connectivity index is 1.74. The summed E-state index contributed by atoms with van der Waals surface area (Å²) in [6, 6.07) is 10.9. The van der Waals surface area contributed by atoms with Crippen LogP contribution in [0.3, 0.4) is 0 Å². The van der Waals surface area contributed by atoms with Crippen LogP contribution in [0.15, 0.2) is 57.7 Å². The molecule has 0 aliphatic heterocycles. The first kappa shape index (κ1) is 20.2. The number of carbonyl (C=O) groups excluding carboxylic acids is 2. The smallest absolute Gasteiger partial charge is 0.387 e. The number of benzene rings is 2. The summed E-state index contributed by atoms with van der Waals surface area (Å²) in [6.45, 7) is 0.198. The van der Waals surface area contributed by atoms with Crippen molar-refractivity contribution in [2.45, 2.75) is 26.6 Å². The van der Waals surface area contributed by atoms with Crippen molar-refractivity contribution in [2.75, 3.05) is 0 Å². The maximum absolute atomic E-state index is 12.4. The summed E-state index contributed by atoms with van der Waals surface area (Å²) in [5.74, 6) is -1.95. The fraction of sp³-hybridized carbons (Fsp3) is 0.190. The minimum absolute atomic E-state index is 0.102. The Bertz CT molecular complexity index is 1120. The number of rotatable bonds is 6. The number of ether oxygens (including phenoxy) is 2. The molecule has 0 saturated carbocycles. The number of halogens is 2. The van der Waals surface area contributed by atoms with Gasteiger partial charge in [0, 0.05) is 11.6 Å². The third-order valence-electron chi connectivity index (χ3n) is 4.10. The lowest BCUT2D eigenvalue weighted by Crippen LogP contribution is -2.25. The fourth-order valence-electron chi connectivity index (χ4n) is 2.68. The average molecular weight is 402 g/mol. The zero-order chi connectivity index (χ0) is 21.1. The lowest BCUT2D eigenvalue weighted by atomic mass is 10.1. The molecule has 0 aliphatic rings. The van der Waals surface area contributed by atoms with E-state index in [1.165, 1.54) is 31.2 Å². The molecule has 1 heterocycles. The van der Waals surface area contributed by atoms with Crippen LogP contribution in [-0.4, -0.2) is 24.5 Å². The van der Waals surface area contributed by atoms with Crippen LogP contribution >= 0.6 is 0 Å². The van der Waals surface area contributed by atoms with E-state index in [0.29, 0.717) is 5.39 Å². The molecule has 29 heavy (non-hydrogen) atoms. The summed E-state index contributed by atoms with van der Waals surface area (Å²) in [7, 11) is 0. The van der Waals surface area contributed by atoms with Gasteiger partial charge in [0.2, 0.25) is 11.5 Å². The van der Waals surface area contributed by atoms with Crippen LogP contribution in [-0.2, 0) is 4.74 Å². The van der Waals surface area contributed by atoms with E-state index in [0.717, 1.165) is 11.6 Å². The van der Waals surface area contributed by atoms with Crippen molar-refractivity contribution in [3.8, 4) is 5.75 Å². The van der Waals surface area contributed by atoms with Crippen LogP contribution in [0.1, 0.15) is 33.4 Å². The highest BCUT2D eigenvalue weighted by Crippen LogP contribution is 2.18. The predicted octanol–water partition coefficient (Wildman–Crippen LogP) is 4.13. The van der Waals surface area contributed by atoms with Crippen molar-refractivity contribution >= 4 is 22.7 Å². The lowest BCUT2D eigenvalue weighted by molar-refractivity contribution is -0.0498. The van der Waals surface area contributed by atoms with Crippen molar-refractivity contribution in [1.29, 1.82) is 0 Å². The summed E-state index contributed by atoms with van der Waals surface area (Å²) in [6.07, 6.45) is -1.19. The molecule has 8 heteroatoms. The number of hydrogen-bond acceptors (Lipinski definition) is 6. The van der Waals surface area contributed by atoms with Gasteiger partial charge in [0.05, 0.1) is 5.39 Å². The van der Waals surface area contributed by atoms with Gasteiger partial charge in [-0.05, 0) is 50.2 Å². The molecule has 0 aliphatic carbocycles. The minimum atomic E-state index is -2.98. The van der Waals surface area contributed by atoms with E-state index in [1.807, 2.05) is 6.92 Å². The summed E-state index contributed by atoms with van der Waals surface area (Å²) < 4.78 is 39.1. The summed E-state index contributed by atoms with van der Waals surface area (Å²) in [4.78, 5) is 36.9. The molecule has 0 fully saturated rings. The second-order valence-corrected chi connectivity index (χ2v) is 6.29. The maximum Gasteiger partial charge on any atom is 0.387 e. The van der Waals surface area contributed by atoms with Crippen LogP contribution in [0.25, 0.3) is 11.0 Å². The van der Waals surface area contributed by atoms with Crippen LogP contribution in [0.5, 0.6) is 5.75 Å². The summed E-state index contributed by atoms with van der Waals surface area (Å²) in [5.41, 5.74) is 0.825. The lowest BCUT2D eigenvalue weighted by Gasteiger charge is -2.12. The highest BCUT2D eigenvalue weighted by molar-refractivity contribution is 6.01. The first-order valence-corrected chi connectivity index (χ1v) is 8.59. The molecular weight excluding hydrogens is 386 g/mol. The molecule has 6 nitrogen and oxygen atoms in total. The molecule has 0 amide bonds. The molecule has 0 unspecified atom stereocenters. The van der Waals surface area contributed by atoms with Gasteiger partial charge in [0.25, 0.3) is 0 Å². The molecule has 1 atom stereocenters. The van der Waals surface area contributed by atoms with Crippen molar-refractivity contribution < 1.29 is 32.3 Å². The number of esters is 1. The standard InChI is InChI=1S/C21H16F2O6/c1-11-3-8-17-15(9-11)16(24)10-18(29-17)20(26)27-12(2)19(25)13-4-6-14(7-5-13)28-21(22)23/h3-10,12,21H,1-2H3/t12-/m1/s1. The molecule has 3 rings (SSSR count). The van der Waals surface area contributed by atoms with E-state index in [-0.39, 0.29) is 22.7 Å². The Kier molecular flexibility index (Phi) is 5.72. The zero-order valence-corrected chi connectivity index (χ0v) is 15.5. The molecule has 150 valence electrons. The van der Waals surface area contributed by atoms with E-state index < -0.39 is 29.9 Å². The van der Waals surface area contributed by atoms with Gasteiger partial charge in [-0.2, -0.15) is 8.78 Å². The first-order chi connectivity index (χ1) is 13.7. The van der Waals surface area contributed by atoms with Crippen molar-refractivity contribution in [1.82, 2.24) is 0 Å².